The zero-order chi connectivity index (χ0) is 10.7. The fourth-order valence-corrected chi connectivity index (χ4v) is 2.07. The van der Waals surface area contributed by atoms with Gasteiger partial charge in [-0.2, -0.15) is 0 Å². The maximum atomic E-state index is 11.6. The Balaban J connectivity index is 2.40. The summed E-state index contributed by atoms with van der Waals surface area (Å²) < 4.78 is 1.70. The standard InChI is InChI=1S/C11H14N2O2/c14-7-3-6-13-10-5-2-1-4-9(10)12-8-11(13)15/h7-8H,1-6H2. The molecule has 0 aromatic carbocycles. The van der Waals surface area contributed by atoms with Gasteiger partial charge in [0.25, 0.3) is 5.56 Å². The van der Waals surface area contributed by atoms with Crippen LogP contribution >= 0.6 is 0 Å². The van der Waals surface area contributed by atoms with E-state index in [9.17, 15) is 9.59 Å². The van der Waals surface area contributed by atoms with Crippen molar-refractivity contribution in [1.82, 2.24) is 9.55 Å². The lowest BCUT2D eigenvalue weighted by Gasteiger charge is -2.18. The predicted octanol–water partition coefficient (Wildman–Crippen LogP) is 0.711. The molecule has 1 heterocycles. The second kappa shape index (κ2) is 4.38. The predicted molar refractivity (Wildman–Crippen MR) is 55.8 cm³/mol. The molecule has 0 N–H and O–H groups in total. The highest BCUT2D eigenvalue weighted by Crippen LogP contribution is 2.17. The summed E-state index contributed by atoms with van der Waals surface area (Å²) in [7, 11) is 0. The van der Waals surface area contributed by atoms with Gasteiger partial charge in [-0.3, -0.25) is 9.78 Å². The number of nitrogens with zero attached hydrogens (tertiary/aromatic N) is 2. The summed E-state index contributed by atoms with van der Waals surface area (Å²) in [5, 5.41) is 0. The van der Waals surface area contributed by atoms with Crippen LogP contribution in [0.3, 0.4) is 0 Å². The molecule has 1 aromatic heterocycles. The topological polar surface area (TPSA) is 52.0 Å². The average molecular weight is 206 g/mol. The van der Waals surface area contributed by atoms with Gasteiger partial charge in [0.05, 0.1) is 11.9 Å². The Labute approximate surface area is 88.0 Å². The summed E-state index contributed by atoms with van der Waals surface area (Å²) in [6.07, 6.45) is 6.74. The zero-order valence-corrected chi connectivity index (χ0v) is 8.61. The largest absolute Gasteiger partial charge is 0.309 e. The van der Waals surface area contributed by atoms with Crippen LogP contribution in [0.1, 0.15) is 30.7 Å². The molecule has 0 saturated heterocycles. The SMILES string of the molecule is O=CCCn1c2c(ncc1=O)CCCC2. The molecule has 0 atom stereocenters. The monoisotopic (exact) mass is 206 g/mol. The molecule has 2 rings (SSSR count). The van der Waals surface area contributed by atoms with Crippen molar-refractivity contribution in [3.63, 3.8) is 0 Å². The summed E-state index contributed by atoms with van der Waals surface area (Å²) >= 11 is 0. The number of rotatable bonds is 3. The molecule has 0 aliphatic heterocycles. The van der Waals surface area contributed by atoms with Crippen LogP contribution < -0.4 is 5.56 Å². The van der Waals surface area contributed by atoms with E-state index < -0.39 is 0 Å². The molecule has 0 radical (unpaired) electrons. The maximum Gasteiger partial charge on any atom is 0.269 e. The first kappa shape index (κ1) is 10.1. The lowest BCUT2D eigenvalue weighted by atomic mass is 10.00. The van der Waals surface area contributed by atoms with E-state index in [4.69, 9.17) is 0 Å². The molecule has 4 nitrogen and oxygen atoms in total. The fourth-order valence-electron chi connectivity index (χ4n) is 2.07. The van der Waals surface area contributed by atoms with Gasteiger partial charge in [0.1, 0.15) is 6.29 Å². The van der Waals surface area contributed by atoms with Crippen LogP contribution in [-0.4, -0.2) is 15.8 Å². The van der Waals surface area contributed by atoms with Gasteiger partial charge in [0, 0.05) is 18.7 Å². The average Bonchev–Trinajstić information content (AvgIpc) is 2.28. The number of hydrogen-bond donors (Lipinski definition) is 0. The number of carbonyl (C=O) groups excluding carboxylic acids is 1. The summed E-state index contributed by atoms with van der Waals surface area (Å²) in [5.41, 5.74) is 1.99. The number of fused-ring (bicyclic) bond motifs is 1. The second-order valence-corrected chi connectivity index (χ2v) is 3.80. The maximum absolute atomic E-state index is 11.6. The molecular weight excluding hydrogens is 192 g/mol. The summed E-state index contributed by atoms with van der Waals surface area (Å²) in [6.45, 7) is 0.493. The van der Waals surface area contributed by atoms with Gasteiger partial charge in [0.15, 0.2) is 0 Å². The van der Waals surface area contributed by atoms with Gasteiger partial charge in [-0.25, -0.2) is 0 Å². The normalized spacial score (nSPS) is 14.7. The molecule has 0 unspecified atom stereocenters. The van der Waals surface area contributed by atoms with E-state index in [-0.39, 0.29) is 5.56 Å². The van der Waals surface area contributed by atoms with Crippen molar-refractivity contribution in [2.24, 2.45) is 0 Å². The number of aldehydes is 1. The molecule has 0 bridgehead atoms. The van der Waals surface area contributed by atoms with Gasteiger partial charge in [0.2, 0.25) is 0 Å². The van der Waals surface area contributed by atoms with Crippen LogP contribution in [-0.2, 0) is 24.2 Å². The minimum Gasteiger partial charge on any atom is -0.309 e. The van der Waals surface area contributed by atoms with Gasteiger partial charge in [-0.05, 0) is 25.7 Å². The van der Waals surface area contributed by atoms with Crippen molar-refractivity contribution < 1.29 is 4.79 Å². The third-order valence-corrected chi connectivity index (χ3v) is 2.80. The van der Waals surface area contributed by atoms with Crippen molar-refractivity contribution in [3.05, 3.63) is 27.9 Å². The Morgan fingerprint density at radius 1 is 1.40 bits per heavy atom. The number of carbonyl (C=O) groups is 1. The fraction of sp³-hybridized carbons (Fsp3) is 0.545. The number of aryl methyl sites for hydroxylation is 1. The summed E-state index contributed by atoms with van der Waals surface area (Å²) in [5.74, 6) is 0. The Morgan fingerprint density at radius 2 is 2.20 bits per heavy atom. The third-order valence-electron chi connectivity index (χ3n) is 2.80. The lowest BCUT2D eigenvalue weighted by molar-refractivity contribution is -0.108. The highest BCUT2D eigenvalue weighted by molar-refractivity contribution is 5.49. The van der Waals surface area contributed by atoms with Gasteiger partial charge >= 0.3 is 0 Å². The smallest absolute Gasteiger partial charge is 0.269 e. The van der Waals surface area contributed by atoms with Crippen molar-refractivity contribution >= 4 is 6.29 Å². The Morgan fingerprint density at radius 3 is 3.00 bits per heavy atom. The van der Waals surface area contributed by atoms with Crippen LogP contribution in [0.2, 0.25) is 0 Å². The van der Waals surface area contributed by atoms with Crippen LogP contribution in [0, 0.1) is 0 Å². The minimum atomic E-state index is -0.0856. The highest BCUT2D eigenvalue weighted by atomic mass is 16.1. The summed E-state index contributed by atoms with van der Waals surface area (Å²) in [6, 6.07) is 0. The number of aromatic nitrogens is 2. The molecule has 80 valence electrons. The number of hydrogen-bond acceptors (Lipinski definition) is 3. The molecule has 1 aliphatic carbocycles. The van der Waals surface area contributed by atoms with Gasteiger partial charge in [-0.15, -0.1) is 0 Å². The molecule has 0 spiro atoms. The first-order chi connectivity index (χ1) is 7.33. The first-order valence-corrected chi connectivity index (χ1v) is 5.34. The van der Waals surface area contributed by atoms with E-state index in [2.05, 4.69) is 4.98 Å². The highest BCUT2D eigenvalue weighted by Gasteiger charge is 2.14. The summed E-state index contributed by atoms with van der Waals surface area (Å²) in [4.78, 5) is 26.1. The van der Waals surface area contributed by atoms with E-state index in [1.54, 1.807) is 4.57 Å². The van der Waals surface area contributed by atoms with Gasteiger partial charge < -0.3 is 9.36 Å². The molecule has 1 aromatic rings. The van der Waals surface area contributed by atoms with Crippen LogP contribution in [0.25, 0.3) is 0 Å². The molecular formula is C11H14N2O2. The quantitative estimate of drug-likeness (QED) is 0.684. The van der Waals surface area contributed by atoms with Crippen molar-refractivity contribution in [3.8, 4) is 0 Å². The van der Waals surface area contributed by atoms with Crippen LogP contribution in [0.5, 0.6) is 0 Å². The molecule has 4 heteroatoms. The van der Waals surface area contributed by atoms with Crippen LogP contribution in [0.4, 0.5) is 0 Å². The molecule has 15 heavy (non-hydrogen) atoms. The molecule has 1 aliphatic rings. The molecule has 0 fully saturated rings. The van der Waals surface area contributed by atoms with Gasteiger partial charge in [-0.1, -0.05) is 0 Å². The molecule has 0 amide bonds. The molecule has 0 saturated carbocycles. The van der Waals surface area contributed by atoms with E-state index in [0.717, 1.165) is 43.4 Å². The van der Waals surface area contributed by atoms with Crippen LogP contribution in [0.15, 0.2) is 11.0 Å². The van der Waals surface area contributed by atoms with E-state index in [1.165, 1.54) is 6.20 Å². The van der Waals surface area contributed by atoms with Crippen molar-refractivity contribution in [1.29, 1.82) is 0 Å². The zero-order valence-electron chi connectivity index (χ0n) is 8.61. The lowest BCUT2D eigenvalue weighted by Crippen LogP contribution is -2.27. The Hall–Kier alpha value is -1.45. The van der Waals surface area contributed by atoms with Crippen molar-refractivity contribution in [2.45, 2.75) is 38.6 Å². The second-order valence-electron chi connectivity index (χ2n) is 3.80. The minimum absolute atomic E-state index is 0.0856. The Kier molecular flexibility index (Phi) is 2.94. The Bertz CT molecular complexity index is 423. The third kappa shape index (κ3) is 1.98. The van der Waals surface area contributed by atoms with E-state index >= 15 is 0 Å². The van der Waals surface area contributed by atoms with Crippen molar-refractivity contribution in [2.75, 3.05) is 0 Å². The first-order valence-electron chi connectivity index (χ1n) is 5.34. The van der Waals surface area contributed by atoms with E-state index in [0.29, 0.717) is 13.0 Å². The van der Waals surface area contributed by atoms with E-state index in [1.807, 2.05) is 0 Å².